The third kappa shape index (κ3) is 6.16. The molecule has 3 rings (SSSR count). The van der Waals surface area contributed by atoms with Crippen LogP contribution in [-0.4, -0.2) is 41.7 Å². The third-order valence-electron chi connectivity index (χ3n) is 4.62. The number of carbonyl (C=O) groups is 2. The number of amides is 1. The molecule has 0 radical (unpaired) electrons. The number of aromatic nitrogens is 1. The van der Waals surface area contributed by atoms with E-state index in [0.717, 1.165) is 23.6 Å². The average molecular weight is 507 g/mol. The number of benzene rings is 1. The highest BCUT2D eigenvalue weighted by atomic mass is 35.5. The first kappa shape index (κ1) is 25.3. The minimum atomic E-state index is -2.85. The van der Waals surface area contributed by atoms with Crippen molar-refractivity contribution in [1.82, 2.24) is 9.47 Å². The predicted octanol–water partition coefficient (Wildman–Crippen LogP) is 4.49. The number of hydrogen-bond donors (Lipinski definition) is 0. The van der Waals surface area contributed by atoms with Crippen molar-refractivity contribution < 1.29 is 22.8 Å². The van der Waals surface area contributed by atoms with Crippen LogP contribution in [0.1, 0.15) is 36.7 Å². The molecule has 0 N–H and O–H groups in total. The maximum Gasteiger partial charge on any atom is 0.286 e. The van der Waals surface area contributed by atoms with E-state index in [9.17, 15) is 27.6 Å². The zero-order chi connectivity index (χ0) is 25.0. The summed E-state index contributed by atoms with van der Waals surface area (Å²) in [6.07, 6.45) is -2.10. The SMILES string of the molecule is CN(C)C(=O)c1cccc(C#Cc2cc(C(=O)Cc3cc(F)c(=O)n(CC(F)F)c3)sc2Cl)c1. The summed E-state index contributed by atoms with van der Waals surface area (Å²) < 4.78 is 39.9. The van der Waals surface area contributed by atoms with Crippen LogP contribution in [0, 0.1) is 17.7 Å². The monoisotopic (exact) mass is 506 g/mol. The normalized spacial score (nSPS) is 10.7. The summed E-state index contributed by atoms with van der Waals surface area (Å²) in [7, 11) is 3.29. The number of carbonyl (C=O) groups excluding carboxylic acids is 2. The van der Waals surface area contributed by atoms with Crippen LogP contribution in [0.4, 0.5) is 13.2 Å². The van der Waals surface area contributed by atoms with E-state index in [4.69, 9.17) is 11.6 Å². The Hall–Kier alpha value is -3.35. The lowest BCUT2D eigenvalue weighted by molar-refractivity contribution is 0.0827. The molecule has 0 aliphatic heterocycles. The zero-order valence-corrected chi connectivity index (χ0v) is 19.6. The van der Waals surface area contributed by atoms with Crippen molar-refractivity contribution in [3.8, 4) is 11.8 Å². The lowest BCUT2D eigenvalue weighted by Gasteiger charge is -2.09. The first-order valence-corrected chi connectivity index (χ1v) is 11.1. The van der Waals surface area contributed by atoms with Crippen LogP contribution in [0.15, 0.2) is 47.4 Å². The number of halogens is 4. The van der Waals surface area contributed by atoms with E-state index in [0.29, 0.717) is 21.3 Å². The number of rotatable bonds is 6. The molecule has 0 bridgehead atoms. The number of pyridine rings is 1. The van der Waals surface area contributed by atoms with Gasteiger partial charge in [-0.3, -0.25) is 14.4 Å². The lowest BCUT2D eigenvalue weighted by atomic mass is 10.1. The van der Waals surface area contributed by atoms with Gasteiger partial charge in [-0.2, -0.15) is 0 Å². The second-order valence-electron chi connectivity index (χ2n) is 7.47. The molecule has 0 aliphatic carbocycles. The second kappa shape index (κ2) is 10.7. The van der Waals surface area contributed by atoms with E-state index < -0.39 is 30.1 Å². The van der Waals surface area contributed by atoms with Crippen LogP contribution in [-0.2, 0) is 13.0 Å². The summed E-state index contributed by atoms with van der Waals surface area (Å²) in [5.74, 6) is 3.98. The fourth-order valence-electron chi connectivity index (χ4n) is 3.03. The first-order valence-electron chi connectivity index (χ1n) is 9.88. The molecule has 0 saturated heterocycles. The van der Waals surface area contributed by atoms with Crippen molar-refractivity contribution in [1.29, 1.82) is 0 Å². The van der Waals surface area contributed by atoms with E-state index in [1.807, 2.05) is 0 Å². The summed E-state index contributed by atoms with van der Waals surface area (Å²) in [6.45, 7) is -0.969. The molecular formula is C24H18ClF3N2O3S. The maximum absolute atomic E-state index is 13.8. The van der Waals surface area contributed by atoms with Crippen molar-refractivity contribution >= 4 is 34.6 Å². The fourth-order valence-corrected chi connectivity index (χ4v) is 4.16. The van der Waals surface area contributed by atoms with E-state index in [1.165, 1.54) is 11.0 Å². The first-order chi connectivity index (χ1) is 16.0. The number of ketones is 1. The number of thiophene rings is 1. The molecule has 5 nitrogen and oxygen atoms in total. The van der Waals surface area contributed by atoms with E-state index in [1.54, 1.807) is 38.4 Å². The Bertz CT molecular complexity index is 1370. The quantitative estimate of drug-likeness (QED) is 0.365. The van der Waals surface area contributed by atoms with E-state index in [2.05, 4.69) is 11.8 Å². The summed E-state index contributed by atoms with van der Waals surface area (Å²) in [4.78, 5) is 38.1. The van der Waals surface area contributed by atoms with Gasteiger partial charge in [0.2, 0.25) is 0 Å². The summed E-state index contributed by atoms with van der Waals surface area (Å²) in [5, 5.41) is 0. The molecule has 34 heavy (non-hydrogen) atoms. The minimum absolute atomic E-state index is 0.0854. The number of hydrogen-bond acceptors (Lipinski definition) is 4. The van der Waals surface area contributed by atoms with Gasteiger partial charge >= 0.3 is 0 Å². The summed E-state index contributed by atoms with van der Waals surface area (Å²) in [6, 6.07) is 9.11. The smallest absolute Gasteiger partial charge is 0.286 e. The van der Waals surface area contributed by atoms with Gasteiger partial charge in [0.05, 0.1) is 17.0 Å². The molecule has 10 heteroatoms. The standard InChI is InChI=1S/C24H18ClF3N2O3S/c1-29(2)23(32)17-5-3-4-14(8-17)6-7-16-11-20(34-22(16)25)19(31)10-15-9-18(26)24(33)30(12-15)13-21(27)28/h3-5,8-9,11-12,21H,10,13H2,1-2H3. The summed E-state index contributed by atoms with van der Waals surface area (Å²) >= 11 is 7.21. The Balaban J connectivity index is 1.81. The van der Waals surface area contributed by atoms with Gasteiger partial charge in [0.1, 0.15) is 4.34 Å². The van der Waals surface area contributed by atoms with Crippen molar-refractivity contribution in [3.63, 3.8) is 0 Å². The highest BCUT2D eigenvalue weighted by Crippen LogP contribution is 2.28. The van der Waals surface area contributed by atoms with Gasteiger partial charge < -0.3 is 9.47 Å². The highest BCUT2D eigenvalue weighted by molar-refractivity contribution is 7.18. The van der Waals surface area contributed by atoms with Gasteiger partial charge in [0.15, 0.2) is 11.6 Å². The Labute approximate surface area is 202 Å². The Morgan fingerprint density at radius 2 is 1.91 bits per heavy atom. The van der Waals surface area contributed by atoms with E-state index >= 15 is 0 Å². The Kier molecular flexibility index (Phi) is 7.97. The second-order valence-corrected chi connectivity index (χ2v) is 9.13. The predicted molar refractivity (Wildman–Crippen MR) is 124 cm³/mol. The number of Topliss-reactive ketones (excluding diaryl/α,β-unsaturated/α-hetero) is 1. The molecule has 0 saturated carbocycles. The third-order valence-corrected chi connectivity index (χ3v) is 6.02. The van der Waals surface area contributed by atoms with Crippen LogP contribution in [0.25, 0.3) is 0 Å². The van der Waals surface area contributed by atoms with E-state index in [-0.39, 0.29) is 27.1 Å². The molecule has 0 aliphatic rings. The van der Waals surface area contributed by atoms with Crippen LogP contribution >= 0.6 is 22.9 Å². The molecular weight excluding hydrogens is 489 g/mol. The zero-order valence-electron chi connectivity index (χ0n) is 18.1. The van der Waals surface area contributed by atoms with Gasteiger partial charge in [0, 0.05) is 37.8 Å². The van der Waals surface area contributed by atoms with Gasteiger partial charge in [-0.15, -0.1) is 11.3 Å². The fraction of sp³-hybridized carbons (Fsp3) is 0.208. The molecule has 3 aromatic rings. The van der Waals surface area contributed by atoms with Crippen LogP contribution < -0.4 is 5.56 Å². The maximum atomic E-state index is 13.8. The van der Waals surface area contributed by atoms with Crippen LogP contribution in [0.2, 0.25) is 4.34 Å². The molecule has 176 valence electrons. The molecule has 0 fully saturated rings. The van der Waals surface area contributed by atoms with Crippen molar-refractivity contribution in [3.05, 3.63) is 90.2 Å². The van der Waals surface area contributed by atoms with Crippen LogP contribution in [0.5, 0.6) is 0 Å². The number of alkyl halides is 2. The topological polar surface area (TPSA) is 59.4 Å². The lowest BCUT2D eigenvalue weighted by Crippen LogP contribution is -2.26. The van der Waals surface area contributed by atoms with Crippen molar-refractivity contribution in [2.75, 3.05) is 14.1 Å². The summed E-state index contributed by atoms with van der Waals surface area (Å²) in [5.41, 5.74) is 0.365. The molecule has 0 unspecified atom stereocenters. The van der Waals surface area contributed by atoms with Gasteiger partial charge in [-0.25, -0.2) is 13.2 Å². The molecule has 2 aromatic heterocycles. The minimum Gasteiger partial charge on any atom is -0.345 e. The van der Waals surface area contributed by atoms with Crippen molar-refractivity contribution in [2.45, 2.75) is 19.4 Å². The highest BCUT2D eigenvalue weighted by Gasteiger charge is 2.17. The van der Waals surface area contributed by atoms with Crippen molar-refractivity contribution in [2.24, 2.45) is 0 Å². The molecule has 1 aromatic carbocycles. The van der Waals surface area contributed by atoms with Crippen LogP contribution in [0.3, 0.4) is 0 Å². The molecule has 2 heterocycles. The molecule has 1 amide bonds. The Morgan fingerprint density at radius 3 is 2.59 bits per heavy atom. The van der Waals surface area contributed by atoms with Gasteiger partial charge in [-0.05, 0) is 35.9 Å². The largest absolute Gasteiger partial charge is 0.345 e. The average Bonchev–Trinajstić information content (AvgIpc) is 3.15. The number of nitrogens with zero attached hydrogens (tertiary/aromatic N) is 2. The van der Waals surface area contributed by atoms with Gasteiger partial charge in [0.25, 0.3) is 17.9 Å². The molecule has 0 spiro atoms. The van der Waals surface area contributed by atoms with Gasteiger partial charge in [-0.1, -0.05) is 29.5 Å². The molecule has 0 atom stereocenters. The Morgan fingerprint density at radius 1 is 1.18 bits per heavy atom.